The summed E-state index contributed by atoms with van der Waals surface area (Å²) < 4.78 is 10.9. The average Bonchev–Trinajstić information content (AvgIpc) is 3.19. The number of thiophene rings is 1. The normalized spacial score (nSPS) is 10.6. The Morgan fingerprint density at radius 3 is 2.41 bits per heavy atom. The second-order valence-electron chi connectivity index (χ2n) is 7.31. The molecule has 0 aliphatic rings. The zero-order chi connectivity index (χ0) is 23.1. The topological polar surface area (TPSA) is 64.6 Å². The lowest BCUT2D eigenvalue weighted by Gasteiger charge is -2.10. The number of carbonyl (C=O) groups is 2. The molecule has 0 saturated carbocycles. The number of anilines is 1. The van der Waals surface area contributed by atoms with Crippen LogP contribution in [0.2, 0.25) is 5.02 Å². The van der Waals surface area contributed by atoms with Crippen molar-refractivity contribution in [1.82, 2.24) is 0 Å². The molecule has 0 bridgehead atoms. The molecule has 0 atom stereocenters. The molecular formula is C25H26ClNO4S. The maximum Gasteiger partial charge on any atom is 0.341 e. The van der Waals surface area contributed by atoms with E-state index in [0.717, 1.165) is 32.3 Å². The van der Waals surface area contributed by atoms with Crippen LogP contribution in [-0.4, -0.2) is 25.1 Å². The number of rotatable bonds is 9. The molecule has 2 aromatic carbocycles. The van der Waals surface area contributed by atoms with Crippen molar-refractivity contribution in [3.8, 4) is 16.2 Å². The minimum absolute atomic E-state index is 0.177. The summed E-state index contributed by atoms with van der Waals surface area (Å²) in [6.45, 7) is 6.29. The maximum absolute atomic E-state index is 12.5. The van der Waals surface area contributed by atoms with Crippen molar-refractivity contribution in [3.05, 3.63) is 70.2 Å². The summed E-state index contributed by atoms with van der Waals surface area (Å²) in [7, 11) is 0. The van der Waals surface area contributed by atoms with E-state index in [0.29, 0.717) is 23.6 Å². The third-order valence-corrected chi connectivity index (χ3v) is 6.46. The predicted octanol–water partition coefficient (Wildman–Crippen LogP) is 6.66. The average molecular weight is 472 g/mol. The van der Waals surface area contributed by atoms with Crippen LogP contribution >= 0.6 is 22.9 Å². The third kappa shape index (κ3) is 6.11. The van der Waals surface area contributed by atoms with Crippen LogP contribution in [0.4, 0.5) is 5.00 Å². The molecule has 5 nitrogen and oxygen atoms in total. The number of hydrogen-bond donors (Lipinski definition) is 1. The summed E-state index contributed by atoms with van der Waals surface area (Å²) in [5, 5.41) is 4.10. The molecule has 1 aromatic heterocycles. The van der Waals surface area contributed by atoms with Gasteiger partial charge < -0.3 is 14.8 Å². The van der Waals surface area contributed by atoms with Gasteiger partial charge in [0.2, 0.25) is 5.91 Å². The van der Waals surface area contributed by atoms with Crippen LogP contribution < -0.4 is 10.1 Å². The summed E-state index contributed by atoms with van der Waals surface area (Å²) in [6, 6.07) is 15.3. The molecule has 0 fully saturated rings. The van der Waals surface area contributed by atoms with Gasteiger partial charge in [-0.05, 0) is 62.1 Å². The summed E-state index contributed by atoms with van der Waals surface area (Å²) in [5.41, 5.74) is 3.26. The minimum Gasteiger partial charge on any atom is -0.494 e. The third-order valence-electron chi connectivity index (χ3n) is 4.77. The van der Waals surface area contributed by atoms with E-state index >= 15 is 0 Å². The lowest BCUT2D eigenvalue weighted by molar-refractivity contribution is -0.116. The van der Waals surface area contributed by atoms with Crippen LogP contribution in [0.3, 0.4) is 0 Å². The van der Waals surface area contributed by atoms with E-state index in [9.17, 15) is 9.59 Å². The van der Waals surface area contributed by atoms with Crippen molar-refractivity contribution in [2.24, 2.45) is 0 Å². The Bertz CT molecular complexity index is 1070. The largest absolute Gasteiger partial charge is 0.494 e. The zero-order valence-electron chi connectivity index (χ0n) is 18.4. The molecule has 168 valence electrons. The lowest BCUT2D eigenvalue weighted by atomic mass is 10.1. The van der Waals surface area contributed by atoms with Gasteiger partial charge in [-0.2, -0.15) is 0 Å². The molecule has 0 aliphatic heterocycles. The van der Waals surface area contributed by atoms with E-state index in [1.807, 2.05) is 56.3 Å². The standard InChI is InChI=1S/C25H26ClNO4S/c1-4-30-25(29)20-15-21(18-9-6-5-7-10-18)32-24(20)27-22(28)11-8-12-31-19-13-16(2)23(26)17(3)14-19/h5-7,9-10,13-15H,4,8,11-12H2,1-3H3,(H,27,28). The molecule has 0 aliphatic carbocycles. The molecule has 0 unspecified atom stereocenters. The fourth-order valence-corrected chi connectivity index (χ4v) is 4.37. The molecule has 3 rings (SSSR count). The summed E-state index contributed by atoms with van der Waals surface area (Å²) in [6.07, 6.45) is 0.810. The molecule has 7 heteroatoms. The monoisotopic (exact) mass is 471 g/mol. The first kappa shape index (κ1) is 23.8. The summed E-state index contributed by atoms with van der Waals surface area (Å²) in [4.78, 5) is 25.8. The lowest BCUT2D eigenvalue weighted by Crippen LogP contribution is -2.14. The molecular weight excluding hydrogens is 446 g/mol. The van der Waals surface area contributed by atoms with E-state index in [1.165, 1.54) is 11.3 Å². The van der Waals surface area contributed by atoms with Crippen LogP contribution in [0.25, 0.3) is 10.4 Å². The molecule has 0 radical (unpaired) electrons. The molecule has 1 heterocycles. The number of benzene rings is 2. The van der Waals surface area contributed by atoms with Gasteiger partial charge in [-0.25, -0.2) is 4.79 Å². The van der Waals surface area contributed by atoms with Crippen LogP contribution in [0, 0.1) is 13.8 Å². The van der Waals surface area contributed by atoms with E-state index in [2.05, 4.69) is 5.32 Å². The number of hydrogen-bond acceptors (Lipinski definition) is 5. The first-order chi connectivity index (χ1) is 15.4. The number of amides is 1. The fourth-order valence-electron chi connectivity index (χ4n) is 3.19. The van der Waals surface area contributed by atoms with E-state index in [-0.39, 0.29) is 18.9 Å². The predicted molar refractivity (Wildman–Crippen MR) is 130 cm³/mol. The SMILES string of the molecule is CCOC(=O)c1cc(-c2ccccc2)sc1NC(=O)CCCOc1cc(C)c(Cl)c(C)c1. The number of carbonyl (C=O) groups excluding carboxylic acids is 2. The second-order valence-corrected chi connectivity index (χ2v) is 8.74. The molecule has 0 saturated heterocycles. The molecule has 1 N–H and O–H groups in total. The van der Waals surface area contributed by atoms with E-state index in [4.69, 9.17) is 21.1 Å². The Labute approximate surface area is 197 Å². The fraction of sp³-hybridized carbons (Fsp3) is 0.280. The molecule has 3 aromatic rings. The van der Waals surface area contributed by atoms with Crippen molar-refractivity contribution >= 4 is 39.8 Å². The van der Waals surface area contributed by atoms with Gasteiger partial charge in [0.25, 0.3) is 0 Å². The van der Waals surface area contributed by atoms with Gasteiger partial charge >= 0.3 is 5.97 Å². The molecule has 32 heavy (non-hydrogen) atoms. The number of aryl methyl sites for hydroxylation is 2. The second kappa shape index (κ2) is 11.2. The highest BCUT2D eigenvalue weighted by atomic mass is 35.5. The van der Waals surface area contributed by atoms with Gasteiger partial charge in [0.15, 0.2) is 0 Å². The van der Waals surface area contributed by atoms with Crippen molar-refractivity contribution in [1.29, 1.82) is 0 Å². The highest BCUT2D eigenvalue weighted by Crippen LogP contribution is 2.36. The van der Waals surface area contributed by atoms with Gasteiger partial charge in [-0.3, -0.25) is 4.79 Å². The zero-order valence-corrected chi connectivity index (χ0v) is 19.9. The Morgan fingerprint density at radius 1 is 1.06 bits per heavy atom. The van der Waals surface area contributed by atoms with Crippen LogP contribution in [0.5, 0.6) is 5.75 Å². The quantitative estimate of drug-likeness (QED) is 0.280. The van der Waals surface area contributed by atoms with E-state index in [1.54, 1.807) is 13.0 Å². The van der Waals surface area contributed by atoms with Crippen molar-refractivity contribution in [2.45, 2.75) is 33.6 Å². The van der Waals surface area contributed by atoms with Gasteiger partial charge in [0.05, 0.1) is 18.8 Å². The molecule has 0 spiro atoms. The van der Waals surface area contributed by atoms with Crippen molar-refractivity contribution in [3.63, 3.8) is 0 Å². The van der Waals surface area contributed by atoms with Crippen LogP contribution in [-0.2, 0) is 9.53 Å². The highest BCUT2D eigenvalue weighted by molar-refractivity contribution is 7.20. The maximum atomic E-state index is 12.5. The van der Waals surface area contributed by atoms with Gasteiger partial charge in [-0.1, -0.05) is 41.9 Å². The highest BCUT2D eigenvalue weighted by Gasteiger charge is 2.19. The van der Waals surface area contributed by atoms with Crippen molar-refractivity contribution in [2.75, 3.05) is 18.5 Å². The van der Waals surface area contributed by atoms with Crippen LogP contribution in [0.1, 0.15) is 41.3 Å². The van der Waals surface area contributed by atoms with Gasteiger partial charge in [0, 0.05) is 16.3 Å². The Kier molecular flexibility index (Phi) is 8.31. The smallest absolute Gasteiger partial charge is 0.341 e. The summed E-state index contributed by atoms with van der Waals surface area (Å²) >= 11 is 7.54. The number of esters is 1. The van der Waals surface area contributed by atoms with Crippen molar-refractivity contribution < 1.29 is 19.1 Å². The first-order valence-electron chi connectivity index (χ1n) is 10.4. The Balaban J connectivity index is 1.61. The first-order valence-corrected chi connectivity index (χ1v) is 11.6. The van der Waals surface area contributed by atoms with E-state index < -0.39 is 5.97 Å². The van der Waals surface area contributed by atoms with Gasteiger partial charge in [0.1, 0.15) is 10.8 Å². The minimum atomic E-state index is -0.446. The Hall–Kier alpha value is -2.83. The van der Waals surface area contributed by atoms with Crippen LogP contribution in [0.15, 0.2) is 48.5 Å². The number of halogens is 1. The number of ether oxygens (including phenoxy) is 2. The Morgan fingerprint density at radius 2 is 1.75 bits per heavy atom. The summed E-state index contributed by atoms with van der Waals surface area (Å²) in [5.74, 6) is 0.113. The molecule has 1 amide bonds. The van der Waals surface area contributed by atoms with Gasteiger partial charge in [-0.15, -0.1) is 11.3 Å². The number of nitrogens with one attached hydrogen (secondary N) is 1.